The largest absolute Gasteiger partial charge is 0.390 e. The van der Waals surface area contributed by atoms with Gasteiger partial charge in [-0.3, -0.25) is 4.79 Å². The highest BCUT2D eigenvalue weighted by molar-refractivity contribution is 7.90. The van der Waals surface area contributed by atoms with Crippen LogP contribution in [0.1, 0.15) is 54.1 Å². The van der Waals surface area contributed by atoms with E-state index in [1.54, 1.807) is 17.6 Å². The van der Waals surface area contributed by atoms with Gasteiger partial charge in [0.25, 0.3) is 5.91 Å². The minimum absolute atomic E-state index is 0.0472. The van der Waals surface area contributed by atoms with Crippen molar-refractivity contribution in [2.45, 2.75) is 54.8 Å². The molecule has 11 heteroatoms. The number of thiazole rings is 1. The van der Waals surface area contributed by atoms with Gasteiger partial charge in [-0.2, -0.15) is 5.26 Å². The predicted octanol–water partition coefficient (Wildman–Crippen LogP) is 4.54. The number of carbonyl (C=O) groups excluding carboxylic acids is 1. The van der Waals surface area contributed by atoms with Crippen LogP contribution in [0.3, 0.4) is 0 Å². The van der Waals surface area contributed by atoms with E-state index in [9.17, 15) is 32.4 Å². The Morgan fingerprint density at radius 1 is 1.28 bits per heavy atom. The Hall–Kier alpha value is -2.94. The molecule has 1 aliphatic heterocycles. The van der Waals surface area contributed by atoms with Crippen LogP contribution in [0.4, 0.5) is 8.78 Å². The fraction of sp³-hybridized carbons (Fsp3) is 0.400. The van der Waals surface area contributed by atoms with Crippen molar-refractivity contribution in [3.05, 3.63) is 58.6 Å². The first kappa shape index (κ1) is 26.1. The van der Waals surface area contributed by atoms with Gasteiger partial charge in [0, 0.05) is 19.5 Å². The number of sulfone groups is 1. The summed E-state index contributed by atoms with van der Waals surface area (Å²) < 4.78 is 53.3. The summed E-state index contributed by atoms with van der Waals surface area (Å²) in [5.74, 6) is -3.64. The molecule has 0 atom stereocenters. The molecule has 190 valence electrons. The number of amides is 1. The van der Waals surface area contributed by atoms with Crippen LogP contribution in [-0.4, -0.2) is 53.9 Å². The van der Waals surface area contributed by atoms with Crippen LogP contribution < -0.4 is 0 Å². The average Bonchev–Trinajstić information content (AvgIpc) is 3.31. The van der Waals surface area contributed by atoms with E-state index in [0.29, 0.717) is 11.1 Å². The molecule has 2 heterocycles. The van der Waals surface area contributed by atoms with E-state index >= 15 is 0 Å². The molecule has 3 aromatic rings. The second kappa shape index (κ2) is 9.84. The number of hydrogen-bond donors (Lipinski definition) is 1. The number of benzene rings is 2. The normalized spacial score (nSPS) is 16.1. The Morgan fingerprint density at radius 3 is 2.67 bits per heavy atom. The van der Waals surface area contributed by atoms with E-state index in [4.69, 9.17) is 0 Å². The van der Waals surface area contributed by atoms with Gasteiger partial charge in [-0.25, -0.2) is 22.2 Å². The van der Waals surface area contributed by atoms with Gasteiger partial charge in [0.1, 0.15) is 0 Å². The van der Waals surface area contributed by atoms with Crippen molar-refractivity contribution in [3.8, 4) is 6.07 Å². The number of likely N-dealkylation sites (tertiary alicyclic amines) is 1. The van der Waals surface area contributed by atoms with E-state index in [1.807, 2.05) is 6.07 Å². The van der Waals surface area contributed by atoms with Gasteiger partial charge in [0.05, 0.1) is 49.2 Å². The standard InChI is InChI=1S/C25H25F2N3O4S2/c1-24(26,27)7-8-25(32)9-11-30(12-10-25)23(31)19-6-5-17(13-18(19)14-28)15-36(33,34)21-4-2-3-20-22(21)29-16-35-20/h2-6,13,16,32H,7-12,15H2,1H3. The molecule has 1 fully saturated rings. The Kier molecular flexibility index (Phi) is 7.14. The zero-order chi connectivity index (χ0) is 26.1. The molecule has 4 rings (SSSR count). The summed E-state index contributed by atoms with van der Waals surface area (Å²) in [6, 6.07) is 11.3. The van der Waals surface area contributed by atoms with Crippen molar-refractivity contribution >= 4 is 37.3 Å². The van der Waals surface area contributed by atoms with Crippen molar-refractivity contribution in [2.75, 3.05) is 13.1 Å². The minimum Gasteiger partial charge on any atom is -0.390 e. The summed E-state index contributed by atoms with van der Waals surface area (Å²) in [7, 11) is -3.76. The van der Waals surface area contributed by atoms with Gasteiger partial charge in [0.2, 0.25) is 5.92 Å². The number of aromatic nitrogens is 1. The fourth-order valence-electron chi connectivity index (χ4n) is 4.37. The molecule has 1 saturated heterocycles. The maximum atomic E-state index is 13.2. The molecular formula is C25H25F2N3O4S2. The molecule has 1 amide bonds. The summed E-state index contributed by atoms with van der Waals surface area (Å²) in [6.07, 6.45) is -0.165. The number of nitrogens with zero attached hydrogens (tertiary/aromatic N) is 3. The summed E-state index contributed by atoms with van der Waals surface area (Å²) in [6.45, 7) is 1.15. The Morgan fingerprint density at radius 2 is 2.00 bits per heavy atom. The highest BCUT2D eigenvalue weighted by Crippen LogP contribution is 2.32. The van der Waals surface area contributed by atoms with Crippen molar-refractivity contribution in [1.29, 1.82) is 5.26 Å². The number of carbonyl (C=O) groups is 1. The molecule has 0 saturated carbocycles. The van der Waals surface area contributed by atoms with Crippen LogP contribution in [-0.2, 0) is 15.6 Å². The van der Waals surface area contributed by atoms with Crippen molar-refractivity contribution in [2.24, 2.45) is 0 Å². The van der Waals surface area contributed by atoms with Crippen LogP contribution >= 0.6 is 11.3 Å². The number of aliphatic hydroxyl groups is 1. The molecule has 0 aliphatic carbocycles. The SMILES string of the molecule is CC(F)(F)CCC1(O)CCN(C(=O)c2ccc(CS(=O)(=O)c3cccc4scnc34)cc2C#N)CC1. The monoisotopic (exact) mass is 533 g/mol. The number of rotatable bonds is 7. The van der Waals surface area contributed by atoms with E-state index in [2.05, 4.69) is 4.98 Å². The molecule has 1 N–H and O–H groups in total. The third kappa shape index (κ3) is 5.72. The van der Waals surface area contributed by atoms with Crippen LogP contribution in [0.2, 0.25) is 0 Å². The maximum Gasteiger partial charge on any atom is 0.255 e. The third-order valence-electron chi connectivity index (χ3n) is 6.46. The van der Waals surface area contributed by atoms with Crippen LogP contribution in [0.25, 0.3) is 10.2 Å². The lowest BCUT2D eigenvalue weighted by Crippen LogP contribution is -2.47. The lowest BCUT2D eigenvalue weighted by Gasteiger charge is -2.38. The van der Waals surface area contributed by atoms with Crippen molar-refractivity contribution in [3.63, 3.8) is 0 Å². The van der Waals surface area contributed by atoms with Gasteiger partial charge in [0.15, 0.2) is 9.84 Å². The molecule has 0 spiro atoms. The lowest BCUT2D eigenvalue weighted by molar-refractivity contribution is -0.0570. The van der Waals surface area contributed by atoms with Gasteiger partial charge in [-0.1, -0.05) is 12.1 Å². The van der Waals surface area contributed by atoms with Crippen LogP contribution in [0.15, 0.2) is 46.8 Å². The molecule has 0 bridgehead atoms. The van der Waals surface area contributed by atoms with Crippen molar-refractivity contribution < 1.29 is 27.1 Å². The molecule has 0 radical (unpaired) electrons. The maximum absolute atomic E-state index is 13.2. The number of halogens is 2. The average molecular weight is 534 g/mol. The molecule has 36 heavy (non-hydrogen) atoms. The first-order valence-electron chi connectivity index (χ1n) is 11.4. The first-order valence-corrected chi connectivity index (χ1v) is 13.9. The fourth-order valence-corrected chi connectivity index (χ4v) is 6.65. The summed E-state index contributed by atoms with van der Waals surface area (Å²) in [5, 5.41) is 20.3. The lowest BCUT2D eigenvalue weighted by atomic mass is 9.86. The quantitative estimate of drug-likeness (QED) is 0.477. The zero-order valence-corrected chi connectivity index (χ0v) is 21.2. The summed E-state index contributed by atoms with van der Waals surface area (Å²) >= 11 is 1.34. The molecule has 2 aromatic carbocycles. The van der Waals surface area contributed by atoms with E-state index in [-0.39, 0.29) is 54.1 Å². The topological polar surface area (TPSA) is 111 Å². The van der Waals surface area contributed by atoms with E-state index in [0.717, 1.165) is 11.6 Å². The highest BCUT2D eigenvalue weighted by atomic mass is 32.2. The molecular weight excluding hydrogens is 508 g/mol. The van der Waals surface area contributed by atoms with Crippen LogP contribution in [0.5, 0.6) is 0 Å². The van der Waals surface area contributed by atoms with Gasteiger partial charge < -0.3 is 10.0 Å². The molecule has 0 unspecified atom stereocenters. The summed E-state index contributed by atoms with van der Waals surface area (Å²) in [4.78, 5) is 18.8. The number of alkyl halides is 2. The van der Waals surface area contributed by atoms with E-state index in [1.165, 1.54) is 40.5 Å². The molecule has 1 aliphatic rings. The Labute approximate surface area is 211 Å². The second-order valence-corrected chi connectivity index (χ2v) is 12.1. The molecule has 1 aromatic heterocycles. The number of piperidine rings is 1. The number of fused-ring (bicyclic) bond motifs is 1. The number of para-hydroxylation sites is 1. The first-order chi connectivity index (χ1) is 16.9. The Bertz CT molecular complexity index is 1430. The Balaban J connectivity index is 1.48. The van der Waals surface area contributed by atoms with E-state index < -0.39 is 33.7 Å². The second-order valence-electron chi connectivity index (χ2n) is 9.29. The molecule has 7 nitrogen and oxygen atoms in total. The van der Waals surface area contributed by atoms with Crippen molar-refractivity contribution in [1.82, 2.24) is 9.88 Å². The third-order valence-corrected chi connectivity index (χ3v) is 8.97. The van der Waals surface area contributed by atoms with Crippen LogP contribution in [0, 0.1) is 11.3 Å². The highest BCUT2D eigenvalue weighted by Gasteiger charge is 2.37. The minimum atomic E-state index is -3.76. The van der Waals surface area contributed by atoms with Gasteiger partial charge >= 0.3 is 0 Å². The smallest absolute Gasteiger partial charge is 0.255 e. The predicted molar refractivity (Wildman–Crippen MR) is 132 cm³/mol. The van der Waals surface area contributed by atoms with Gasteiger partial charge in [-0.15, -0.1) is 11.3 Å². The summed E-state index contributed by atoms with van der Waals surface area (Å²) in [5.41, 5.74) is 1.27. The number of nitriles is 1. The zero-order valence-electron chi connectivity index (χ0n) is 19.6. The number of hydrogen-bond acceptors (Lipinski definition) is 7. The van der Waals surface area contributed by atoms with Gasteiger partial charge in [-0.05, 0) is 56.0 Å².